The summed E-state index contributed by atoms with van der Waals surface area (Å²) in [5, 5.41) is 9.01. The Balaban J connectivity index is 3.00. The molecule has 0 atom stereocenters. The van der Waals surface area contributed by atoms with Crippen molar-refractivity contribution in [2.75, 3.05) is 11.6 Å². The Bertz CT molecular complexity index is 352. The van der Waals surface area contributed by atoms with Crippen LogP contribution in [0.3, 0.4) is 0 Å². The Morgan fingerprint density at radius 3 is 2.86 bits per heavy atom. The summed E-state index contributed by atoms with van der Waals surface area (Å²) in [7, 11) is 0. The monoisotopic (exact) mass is 255 g/mol. The van der Waals surface area contributed by atoms with Gasteiger partial charge in [-0.1, -0.05) is 28.6 Å². The molecule has 0 fully saturated rings. The van der Waals surface area contributed by atoms with E-state index in [0.717, 1.165) is 10.5 Å². The van der Waals surface area contributed by atoms with Gasteiger partial charge in [0.1, 0.15) is 6.73 Å². The molecule has 0 heterocycles. The molecule has 1 N–H and O–H groups in total. The zero-order valence-corrected chi connectivity index (χ0v) is 9.07. The molecule has 0 aliphatic heterocycles. The van der Waals surface area contributed by atoms with Crippen molar-refractivity contribution in [1.29, 1.82) is 0 Å². The highest BCUT2D eigenvalue weighted by atomic mass is 79.9. The van der Waals surface area contributed by atoms with Gasteiger partial charge >= 0.3 is 0 Å². The number of carbonyl (C=O) groups excluding carboxylic acids is 1. The molecule has 0 saturated heterocycles. The molecule has 1 aromatic carbocycles. The van der Waals surface area contributed by atoms with Gasteiger partial charge in [0.2, 0.25) is 0 Å². The molecule has 1 amide bonds. The van der Waals surface area contributed by atoms with Crippen LogP contribution in [0.25, 0.3) is 0 Å². The number of halogens is 1. The summed E-state index contributed by atoms with van der Waals surface area (Å²) in [5.74, 6) is -0.328. The van der Waals surface area contributed by atoms with Crippen molar-refractivity contribution >= 4 is 27.5 Å². The van der Waals surface area contributed by atoms with Gasteiger partial charge < -0.3 is 5.11 Å². The summed E-state index contributed by atoms with van der Waals surface area (Å²) < 4.78 is 0.852. The fraction of sp³-hybridized carbons (Fsp3) is 0.100. The van der Waals surface area contributed by atoms with Crippen molar-refractivity contribution in [2.24, 2.45) is 0 Å². The predicted molar refractivity (Wildman–Crippen MR) is 58.9 cm³/mol. The van der Waals surface area contributed by atoms with Crippen LogP contribution in [-0.4, -0.2) is 17.7 Å². The molecule has 0 radical (unpaired) electrons. The Labute approximate surface area is 90.8 Å². The zero-order chi connectivity index (χ0) is 10.6. The SMILES string of the molecule is C=CC(=O)N(CO)c1cccc(Br)c1. The van der Waals surface area contributed by atoms with Crippen molar-refractivity contribution < 1.29 is 9.90 Å². The second-order valence-electron chi connectivity index (χ2n) is 2.59. The number of benzene rings is 1. The second kappa shape index (κ2) is 4.93. The van der Waals surface area contributed by atoms with Crippen molar-refractivity contribution in [1.82, 2.24) is 0 Å². The van der Waals surface area contributed by atoms with Crippen molar-refractivity contribution in [3.63, 3.8) is 0 Å². The number of carbonyl (C=O) groups is 1. The second-order valence-corrected chi connectivity index (χ2v) is 3.51. The van der Waals surface area contributed by atoms with Crippen LogP contribution in [-0.2, 0) is 4.79 Å². The topological polar surface area (TPSA) is 40.5 Å². The van der Waals surface area contributed by atoms with E-state index >= 15 is 0 Å². The van der Waals surface area contributed by atoms with Crippen molar-refractivity contribution in [3.05, 3.63) is 41.4 Å². The number of nitrogens with zero attached hydrogens (tertiary/aromatic N) is 1. The van der Waals surface area contributed by atoms with Gasteiger partial charge in [-0.25, -0.2) is 0 Å². The molecule has 0 aliphatic carbocycles. The highest BCUT2D eigenvalue weighted by Gasteiger charge is 2.10. The number of aliphatic hydroxyl groups excluding tert-OH is 1. The molecule has 0 unspecified atom stereocenters. The molecule has 1 rings (SSSR count). The third kappa shape index (κ3) is 2.43. The predicted octanol–water partition coefficient (Wildman–Crippen LogP) is 1.92. The lowest BCUT2D eigenvalue weighted by molar-refractivity contribution is -0.114. The first-order valence-electron chi connectivity index (χ1n) is 3.99. The fourth-order valence-corrected chi connectivity index (χ4v) is 1.42. The van der Waals surface area contributed by atoms with E-state index in [-0.39, 0.29) is 12.6 Å². The van der Waals surface area contributed by atoms with E-state index in [9.17, 15) is 4.79 Å². The average molecular weight is 256 g/mol. The van der Waals surface area contributed by atoms with Crippen LogP contribution in [0.1, 0.15) is 0 Å². The van der Waals surface area contributed by atoms with Crippen LogP contribution in [0.4, 0.5) is 5.69 Å². The quantitative estimate of drug-likeness (QED) is 0.663. The Hall–Kier alpha value is -1.13. The number of hydrogen-bond donors (Lipinski definition) is 1. The summed E-state index contributed by atoms with van der Waals surface area (Å²) in [6.45, 7) is 3.00. The van der Waals surface area contributed by atoms with Crippen LogP contribution < -0.4 is 4.90 Å². The fourth-order valence-electron chi connectivity index (χ4n) is 1.03. The first-order valence-corrected chi connectivity index (χ1v) is 4.78. The van der Waals surface area contributed by atoms with E-state index < -0.39 is 0 Å². The molecule has 0 aliphatic rings. The molecular formula is C10H10BrNO2. The summed E-state index contributed by atoms with van der Waals surface area (Å²) in [4.78, 5) is 12.5. The van der Waals surface area contributed by atoms with E-state index in [2.05, 4.69) is 22.5 Å². The minimum absolute atomic E-state index is 0.328. The van der Waals surface area contributed by atoms with Crippen LogP contribution in [0.2, 0.25) is 0 Å². The highest BCUT2D eigenvalue weighted by Crippen LogP contribution is 2.19. The molecule has 74 valence electrons. The van der Waals surface area contributed by atoms with Crippen molar-refractivity contribution in [2.45, 2.75) is 0 Å². The van der Waals surface area contributed by atoms with Crippen LogP contribution in [0.15, 0.2) is 41.4 Å². The van der Waals surface area contributed by atoms with E-state index in [4.69, 9.17) is 5.11 Å². The maximum Gasteiger partial charge on any atom is 0.252 e. The molecule has 0 bridgehead atoms. The molecule has 14 heavy (non-hydrogen) atoms. The normalized spacial score (nSPS) is 9.57. The van der Waals surface area contributed by atoms with Gasteiger partial charge in [0.25, 0.3) is 5.91 Å². The van der Waals surface area contributed by atoms with E-state index in [1.54, 1.807) is 18.2 Å². The van der Waals surface area contributed by atoms with Gasteiger partial charge in [-0.15, -0.1) is 0 Å². The van der Waals surface area contributed by atoms with Gasteiger partial charge in [-0.2, -0.15) is 0 Å². The molecule has 1 aromatic rings. The summed E-state index contributed by atoms with van der Waals surface area (Å²) in [6.07, 6.45) is 1.16. The highest BCUT2D eigenvalue weighted by molar-refractivity contribution is 9.10. The Morgan fingerprint density at radius 2 is 2.36 bits per heavy atom. The molecule has 0 spiro atoms. The standard InChI is InChI=1S/C10H10BrNO2/c1-2-10(14)12(7-13)9-5-3-4-8(11)6-9/h2-6,13H,1,7H2. The zero-order valence-electron chi connectivity index (χ0n) is 7.48. The summed E-state index contributed by atoms with van der Waals surface area (Å²) in [6, 6.07) is 7.12. The Kier molecular flexibility index (Phi) is 3.85. The maximum atomic E-state index is 11.3. The molecule has 0 aromatic heterocycles. The minimum Gasteiger partial charge on any atom is -0.376 e. The lowest BCUT2D eigenvalue weighted by atomic mass is 10.3. The van der Waals surface area contributed by atoms with Crippen LogP contribution in [0, 0.1) is 0 Å². The molecule has 4 heteroatoms. The van der Waals surface area contributed by atoms with E-state index in [1.165, 1.54) is 4.90 Å². The van der Waals surface area contributed by atoms with Gasteiger partial charge in [-0.3, -0.25) is 9.69 Å². The number of amides is 1. The van der Waals surface area contributed by atoms with Gasteiger partial charge in [0, 0.05) is 10.2 Å². The number of anilines is 1. The number of rotatable bonds is 3. The van der Waals surface area contributed by atoms with E-state index in [0.29, 0.717) is 5.69 Å². The lowest BCUT2D eigenvalue weighted by Crippen LogP contribution is -2.29. The number of hydrogen-bond acceptors (Lipinski definition) is 2. The minimum atomic E-state index is -0.360. The largest absolute Gasteiger partial charge is 0.376 e. The lowest BCUT2D eigenvalue weighted by Gasteiger charge is -2.18. The first-order chi connectivity index (χ1) is 6.69. The van der Waals surface area contributed by atoms with Gasteiger partial charge in [-0.05, 0) is 24.3 Å². The van der Waals surface area contributed by atoms with E-state index in [1.807, 2.05) is 6.07 Å². The first kappa shape index (κ1) is 10.9. The summed E-state index contributed by atoms with van der Waals surface area (Å²) in [5.41, 5.74) is 0.631. The third-order valence-electron chi connectivity index (χ3n) is 1.70. The molecule has 3 nitrogen and oxygen atoms in total. The number of aliphatic hydroxyl groups is 1. The van der Waals surface area contributed by atoms with Gasteiger partial charge in [0.05, 0.1) is 0 Å². The van der Waals surface area contributed by atoms with Gasteiger partial charge in [0.15, 0.2) is 0 Å². The van der Waals surface area contributed by atoms with Crippen LogP contribution in [0.5, 0.6) is 0 Å². The van der Waals surface area contributed by atoms with Crippen molar-refractivity contribution in [3.8, 4) is 0 Å². The maximum absolute atomic E-state index is 11.3. The summed E-state index contributed by atoms with van der Waals surface area (Å²) >= 11 is 3.29. The molecule has 0 saturated carbocycles. The molecular weight excluding hydrogens is 246 g/mol. The third-order valence-corrected chi connectivity index (χ3v) is 2.20. The average Bonchev–Trinajstić information content (AvgIpc) is 2.19. The Morgan fingerprint density at radius 1 is 1.64 bits per heavy atom. The van der Waals surface area contributed by atoms with Crippen LogP contribution >= 0.6 is 15.9 Å². The smallest absolute Gasteiger partial charge is 0.252 e.